The summed E-state index contributed by atoms with van der Waals surface area (Å²) in [7, 11) is 5.24. The summed E-state index contributed by atoms with van der Waals surface area (Å²) in [5.74, 6) is -2.18. The van der Waals surface area contributed by atoms with Gasteiger partial charge in [0.25, 0.3) is 5.91 Å². The van der Waals surface area contributed by atoms with Crippen molar-refractivity contribution in [2.75, 3.05) is 27.7 Å². The Morgan fingerprint density at radius 2 is 1.84 bits per heavy atom. The minimum absolute atomic E-state index is 0.194. The third-order valence-electron chi connectivity index (χ3n) is 5.64. The molecular weight excluding hydrogens is 416 g/mol. The van der Waals surface area contributed by atoms with E-state index < -0.39 is 29.0 Å². The minimum atomic E-state index is -0.971. The lowest BCUT2D eigenvalue weighted by Gasteiger charge is -2.32. The normalized spacial score (nSPS) is 15.6. The van der Waals surface area contributed by atoms with E-state index in [0.29, 0.717) is 30.2 Å². The second kappa shape index (κ2) is 8.97. The number of benzene rings is 1. The number of carbonyl (C=O) groups is 2. The number of carbonyl (C=O) groups excluding carboxylic acids is 2. The van der Waals surface area contributed by atoms with E-state index in [0.717, 1.165) is 25.1 Å². The number of halogens is 2. The van der Waals surface area contributed by atoms with Gasteiger partial charge in [-0.25, -0.2) is 13.8 Å². The van der Waals surface area contributed by atoms with Gasteiger partial charge in [-0.3, -0.25) is 9.59 Å². The van der Waals surface area contributed by atoms with Crippen LogP contribution in [0.3, 0.4) is 0 Å². The number of hydrogen-bond acceptors (Lipinski definition) is 4. The molecule has 0 saturated carbocycles. The van der Waals surface area contributed by atoms with Gasteiger partial charge >= 0.3 is 0 Å². The summed E-state index contributed by atoms with van der Waals surface area (Å²) in [5, 5.41) is 2.87. The highest BCUT2D eigenvalue weighted by Crippen LogP contribution is 2.28. The van der Waals surface area contributed by atoms with Crippen molar-refractivity contribution in [2.45, 2.75) is 46.3 Å². The summed E-state index contributed by atoms with van der Waals surface area (Å²) in [6.07, 6.45) is 0.821. The molecule has 174 valence electrons. The molecule has 0 spiro atoms. The zero-order chi connectivity index (χ0) is 23.8. The Balaban J connectivity index is 2.07. The summed E-state index contributed by atoms with van der Waals surface area (Å²) < 4.78 is 29.3. The molecule has 0 radical (unpaired) electrons. The first kappa shape index (κ1) is 23.8. The lowest BCUT2D eigenvalue weighted by molar-refractivity contribution is -0.133. The summed E-state index contributed by atoms with van der Waals surface area (Å²) in [5.41, 5.74) is 0.755. The molecule has 0 aliphatic carbocycles. The Bertz CT molecular complexity index is 1030. The number of aromatic nitrogens is 2. The van der Waals surface area contributed by atoms with Crippen molar-refractivity contribution in [2.24, 2.45) is 5.41 Å². The molecule has 3 rings (SSSR count). The van der Waals surface area contributed by atoms with Crippen LogP contribution in [0.2, 0.25) is 0 Å². The summed E-state index contributed by atoms with van der Waals surface area (Å²) in [6, 6.07) is 2.85. The molecule has 2 heterocycles. The molecule has 0 bridgehead atoms. The molecule has 1 aliphatic heterocycles. The number of rotatable bonds is 4. The van der Waals surface area contributed by atoms with E-state index in [-0.39, 0.29) is 11.6 Å². The van der Waals surface area contributed by atoms with Gasteiger partial charge in [0.15, 0.2) is 17.3 Å². The second-order valence-electron chi connectivity index (χ2n) is 9.61. The van der Waals surface area contributed by atoms with Crippen molar-refractivity contribution in [3.63, 3.8) is 0 Å². The van der Waals surface area contributed by atoms with E-state index in [4.69, 9.17) is 0 Å². The van der Waals surface area contributed by atoms with Crippen LogP contribution in [0.4, 0.5) is 8.78 Å². The zero-order valence-corrected chi connectivity index (χ0v) is 19.5. The van der Waals surface area contributed by atoms with E-state index in [9.17, 15) is 18.4 Å². The Hall–Kier alpha value is -2.81. The Morgan fingerprint density at radius 1 is 1.16 bits per heavy atom. The predicted octanol–water partition coefficient (Wildman–Crippen LogP) is 2.90. The summed E-state index contributed by atoms with van der Waals surface area (Å²) >= 11 is 0. The smallest absolute Gasteiger partial charge is 0.272 e. The quantitative estimate of drug-likeness (QED) is 0.783. The van der Waals surface area contributed by atoms with Crippen molar-refractivity contribution in [1.29, 1.82) is 0 Å². The first-order valence-electron chi connectivity index (χ1n) is 10.7. The number of fused-ring (bicyclic) bond motifs is 1. The van der Waals surface area contributed by atoms with Gasteiger partial charge in [-0.2, -0.15) is 0 Å². The molecule has 1 N–H and O–H groups in total. The summed E-state index contributed by atoms with van der Waals surface area (Å²) in [6.45, 7) is 7.53. The molecule has 0 saturated heterocycles. The van der Waals surface area contributed by atoms with Crippen LogP contribution in [0.25, 0.3) is 11.4 Å². The summed E-state index contributed by atoms with van der Waals surface area (Å²) in [4.78, 5) is 34.2. The van der Waals surface area contributed by atoms with Gasteiger partial charge in [-0.15, -0.1) is 0 Å². The maximum Gasteiger partial charge on any atom is 0.272 e. The Kier molecular flexibility index (Phi) is 6.69. The van der Waals surface area contributed by atoms with Gasteiger partial charge in [0.1, 0.15) is 11.9 Å². The van der Waals surface area contributed by atoms with Gasteiger partial charge in [-0.1, -0.05) is 20.8 Å². The van der Waals surface area contributed by atoms with E-state index in [1.807, 2.05) is 32.4 Å². The molecule has 32 heavy (non-hydrogen) atoms. The largest absolute Gasteiger partial charge is 0.347 e. The number of hydrogen-bond donors (Lipinski definition) is 1. The lowest BCUT2D eigenvalue weighted by Crippen LogP contribution is -2.53. The molecular formula is C23H31F2N5O2. The number of amides is 2. The fourth-order valence-corrected chi connectivity index (χ4v) is 3.86. The van der Waals surface area contributed by atoms with Crippen molar-refractivity contribution < 1.29 is 18.4 Å². The highest BCUT2D eigenvalue weighted by atomic mass is 19.2. The third kappa shape index (κ3) is 4.82. The number of nitrogens with zero attached hydrogens (tertiary/aromatic N) is 4. The molecule has 9 heteroatoms. The first-order valence-corrected chi connectivity index (χ1v) is 10.7. The monoisotopic (exact) mass is 447 g/mol. The molecule has 0 fully saturated rings. The van der Waals surface area contributed by atoms with E-state index >= 15 is 0 Å². The molecule has 2 amide bonds. The van der Waals surface area contributed by atoms with Crippen LogP contribution in [0, 0.1) is 17.0 Å². The van der Waals surface area contributed by atoms with Gasteiger partial charge in [0, 0.05) is 32.7 Å². The first-order chi connectivity index (χ1) is 14.9. The Morgan fingerprint density at radius 3 is 2.44 bits per heavy atom. The SMILES string of the molecule is CN1CCCn2c(-c3ccc(F)c(F)c3)nc(C(=O)N[C@H](C(=O)N(C)C)C(C)(C)C)c2C1. The highest BCUT2D eigenvalue weighted by Gasteiger charge is 2.36. The average Bonchev–Trinajstić information content (AvgIpc) is 2.93. The van der Waals surface area contributed by atoms with Gasteiger partial charge in [-0.05, 0) is 43.6 Å². The topological polar surface area (TPSA) is 70.5 Å². The number of imidazole rings is 1. The van der Waals surface area contributed by atoms with Crippen LogP contribution in [0.5, 0.6) is 0 Å². The number of nitrogens with one attached hydrogen (secondary N) is 1. The van der Waals surface area contributed by atoms with Crippen molar-refractivity contribution in [1.82, 2.24) is 24.7 Å². The van der Waals surface area contributed by atoms with Crippen LogP contribution in [-0.2, 0) is 17.9 Å². The zero-order valence-electron chi connectivity index (χ0n) is 19.5. The predicted molar refractivity (Wildman–Crippen MR) is 118 cm³/mol. The lowest BCUT2D eigenvalue weighted by atomic mass is 9.85. The van der Waals surface area contributed by atoms with E-state index in [2.05, 4.69) is 15.2 Å². The highest BCUT2D eigenvalue weighted by molar-refractivity contribution is 5.97. The molecule has 2 aromatic rings. The maximum absolute atomic E-state index is 13.9. The van der Waals surface area contributed by atoms with Crippen molar-refractivity contribution in [3.05, 3.63) is 41.2 Å². The van der Waals surface area contributed by atoms with Crippen LogP contribution in [0.15, 0.2) is 18.2 Å². The van der Waals surface area contributed by atoms with Crippen molar-refractivity contribution >= 4 is 11.8 Å². The Labute approximate surface area is 187 Å². The molecule has 1 aromatic heterocycles. The molecule has 7 nitrogen and oxygen atoms in total. The third-order valence-corrected chi connectivity index (χ3v) is 5.64. The maximum atomic E-state index is 13.9. The minimum Gasteiger partial charge on any atom is -0.347 e. The van der Waals surface area contributed by atoms with E-state index in [1.54, 1.807) is 14.1 Å². The van der Waals surface area contributed by atoms with E-state index in [1.165, 1.54) is 11.0 Å². The van der Waals surface area contributed by atoms with Gasteiger partial charge in [0.2, 0.25) is 5.91 Å². The van der Waals surface area contributed by atoms with Crippen LogP contribution in [-0.4, -0.2) is 64.9 Å². The molecule has 1 atom stereocenters. The number of likely N-dealkylation sites (N-methyl/N-ethyl adjacent to an activating group) is 1. The van der Waals surface area contributed by atoms with Gasteiger partial charge < -0.3 is 19.7 Å². The van der Waals surface area contributed by atoms with Crippen LogP contribution in [0.1, 0.15) is 43.4 Å². The average molecular weight is 448 g/mol. The fraction of sp³-hybridized carbons (Fsp3) is 0.522. The molecule has 1 aliphatic rings. The standard InChI is InChI=1S/C23H31F2N5O2/c1-23(2,3)19(22(32)28(4)5)27-21(31)18-17-13-29(6)10-7-11-30(17)20(26-18)14-8-9-15(24)16(25)12-14/h8-9,12,19H,7,10-11,13H2,1-6H3,(H,27,31)/t19-/m1/s1. The molecule has 0 unspecified atom stereocenters. The van der Waals surface area contributed by atoms with Crippen molar-refractivity contribution in [3.8, 4) is 11.4 Å². The van der Waals surface area contributed by atoms with Crippen LogP contribution >= 0.6 is 0 Å². The van der Waals surface area contributed by atoms with Gasteiger partial charge in [0.05, 0.1) is 5.69 Å². The fourth-order valence-electron chi connectivity index (χ4n) is 3.86. The molecule has 1 aromatic carbocycles. The second-order valence-corrected chi connectivity index (χ2v) is 9.61. The van der Waals surface area contributed by atoms with Crippen LogP contribution < -0.4 is 5.32 Å².